The minimum atomic E-state index is -4.06. The molecule has 1 amide bonds. The van der Waals surface area contributed by atoms with Crippen molar-refractivity contribution >= 4 is 33.3 Å². The number of carboxylic acids is 1. The molecule has 0 bridgehead atoms. The Bertz CT molecular complexity index is 1220. The number of hydrogen-bond donors (Lipinski definition) is 2. The summed E-state index contributed by atoms with van der Waals surface area (Å²) in [6.45, 7) is 1.37. The van der Waals surface area contributed by atoms with Crippen molar-refractivity contribution < 1.29 is 27.9 Å². The van der Waals surface area contributed by atoms with Gasteiger partial charge in [-0.3, -0.25) is 9.10 Å². The van der Waals surface area contributed by atoms with Crippen LogP contribution in [0.2, 0.25) is 0 Å². The minimum Gasteiger partial charge on any atom is -0.497 e. The molecule has 0 atom stereocenters. The van der Waals surface area contributed by atoms with Gasteiger partial charge in [0.1, 0.15) is 5.75 Å². The maximum Gasteiger partial charge on any atom is 0.335 e. The second-order valence-electron chi connectivity index (χ2n) is 6.92. The molecule has 0 radical (unpaired) electrons. The standard InChI is InChI=1S/C23H22N2O6S/c1-16(26)24-19-4-3-5-20(14-19)25(15-17-6-10-21(31-2)11-7-17)32(29,30)22-12-8-18(9-13-22)23(27)28/h3-14H,15H2,1-2H3,(H,24,26)(H,27,28). The van der Waals surface area contributed by atoms with Crippen molar-refractivity contribution in [2.24, 2.45) is 0 Å². The second kappa shape index (κ2) is 9.52. The number of benzene rings is 3. The van der Waals surface area contributed by atoms with Gasteiger partial charge in [-0.05, 0) is 60.2 Å². The molecule has 0 aliphatic heterocycles. The zero-order chi connectivity index (χ0) is 23.3. The van der Waals surface area contributed by atoms with E-state index in [0.29, 0.717) is 22.7 Å². The number of ether oxygens (including phenoxy) is 1. The fourth-order valence-corrected chi connectivity index (χ4v) is 4.50. The highest BCUT2D eigenvalue weighted by Gasteiger charge is 2.26. The van der Waals surface area contributed by atoms with Crippen LogP contribution in [-0.4, -0.2) is 32.5 Å². The number of rotatable bonds is 8. The molecule has 3 rings (SSSR count). The summed E-state index contributed by atoms with van der Waals surface area (Å²) in [5.74, 6) is -0.789. The Hall–Kier alpha value is -3.85. The minimum absolute atomic E-state index is 0.0105. The smallest absolute Gasteiger partial charge is 0.335 e. The molecule has 0 aliphatic rings. The highest BCUT2D eigenvalue weighted by atomic mass is 32.2. The number of aromatic carboxylic acids is 1. The summed E-state index contributed by atoms with van der Waals surface area (Å²) in [5, 5.41) is 11.7. The zero-order valence-electron chi connectivity index (χ0n) is 17.5. The van der Waals surface area contributed by atoms with Crippen molar-refractivity contribution in [2.75, 3.05) is 16.7 Å². The monoisotopic (exact) mass is 454 g/mol. The van der Waals surface area contributed by atoms with Gasteiger partial charge in [0.05, 0.1) is 29.8 Å². The second-order valence-corrected chi connectivity index (χ2v) is 8.78. The Morgan fingerprint density at radius 2 is 1.66 bits per heavy atom. The highest BCUT2D eigenvalue weighted by Crippen LogP contribution is 2.29. The maximum atomic E-state index is 13.5. The molecule has 0 fully saturated rings. The highest BCUT2D eigenvalue weighted by molar-refractivity contribution is 7.92. The summed E-state index contributed by atoms with van der Waals surface area (Å²) in [6.07, 6.45) is 0. The maximum absolute atomic E-state index is 13.5. The summed E-state index contributed by atoms with van der Waals surface area (Å²) in [4.78, 5) is 22.5. The fourth-order valence-electron chi connectivity index (χ4n) is 3.05. The molecule has 0 saturated carbocycles. The summed E-state index contributed by atoms with van der Waals surface area (Å²) < 4.78 is 33.4. The molecule has 0 aliphatic carbocycles. The van der Waals surface area contributed by atoms with E-state index in [9.17, 15) is 18.0 Å². The van der Waals surface area contributed by atoms with Crippen molar-refractivity contribution in [1.82, 2.24) is 0 Å². The molecular formula is C23H22N2O6S. The van der Waals surface area contributed by atoms with Crippen LogP contribution in [0.5, 0.6) is 5.75 Å². The normalized spacial score (nSPS) is 10.9. The Morgan fingerprint density at radius 1 is 1.00 bits per heavy atom. The summed E-state index contributed by atoms with van der Waals surface area (Å²) in [7, 11) is -2.52. The molecule has 0 spiro atoms. The summed E-state index contributed by atoms with van der Waals surface area (Å²) in [6, 6.07) is 18.5. The lowest BCUT2D eigenvalue weighted by Gasteiger charge is -2.25. The van der Waals surface area contributed by atoms with Crippen molar-refractivity contribution in [3.05, 3.63) is 83.9 Å². The lowest BCUT2D eigenvalue weighted by molar-refractivity contribution is -0.114. The third kappa shape index (κ3) is 5.25. The van der Waals surface area contributed by atoms with Gasteiger partial charge in [0.25, 0.3) is 10.0 Å². The van der Waals surface area contributed by atoms with Crippen LogP contribution in [0.1, 0.15) is 22.8 Å². The molecule has 32 heavy (non-hydrogen) atoms. The average molecular weight is 455 g/mol. The average Bonchev–Trinajstić information content (AvgIpc) is 2.77. The predicted molar refractivity (Wildman–Crippen MR) is 121 cm³/mol. The van der Waals surface area contributed by atoms with Gasteiger partial charge in [0.15, 0.2) is 0 Å². The van der Waals surface area contributed by atoms with Crippen molar-refractivity contribution in [2.45, 2.75) is 18.4 Å². The zero-order valence-corrected chi connectivity index (χ0v) is 18.3. The molecule has 0 unspecified atom stereocenters. The first-order valence-corrected chi connectivity index (χ1v) is 11.0. The number of carbonyl (C=O) groups excluding carboxylic acids is 1. The third-order valence-electron chi connectivity index (χ3n) is 4.63. The van der Waals surface area contributed by atoms with Gasteiger partial charge in [-0.25, -0.2) is 13.2 Å². The SMILES string of the molecule is COc1ccc(CN(c2cccc(NC(C)=O)c2)S(=O)(=O)c2ccc(C(=O)O)cc2)cc1. The summed E-state index contributed by atoms with van der Waals surface area (Å²) >= 11 is 0. The number of nitrogens with one attached hydrogen (secondary N) is 1. The van der Waals surface area contributed by atoms with Gasteiger partial charge in [-0.2, -0.15) is 0 Å². The number of carboxylic acid groups (broad SMARTS) is 1. The number of sulfonamides is 1. The van der Waals surface area contributed by atoms with Crippen LogP contribution in [0.15, 0.2) is 77.7 Å². The quantitative estimate of drug-likeness (QED) is 0.536. The molecule has 166 valence electrons. The number of amides is 1. The van der Waals surface area contributed by atoms with Crippen molar-refractivity contribution in [1.29, 1.82) is 0 Å². The van der Waals surface area contributed by atoms with E-state index in [1.165, 1.54) is 35.5 Å². The molecule has 2 N–H and O–H groups in total. The van der Waals surface area contributed by atoms with Gasteiger partial charge in [-0.1, -0.05) is 18.2 Å². The molecule has 0 saturated heterocycles. The number of methoxy groups -OCH3 is 1. The van der Waals surface area contributed by atoms with E-state index in [2.05, 4.69) is 5.32 Å². The lowest BCUT2D eigenvalue weighted by atomic mass is 10.2. The Morgan fingerprint density at radius 3 is 2.22 bits per heavy atom. The molecule has 0 heterocycles. The van der Waals surface area contributed by atoms with Gasteiger partial charge >= 0.3 is 5.97 Å². The van der Waals surface area contributed by atoms with Crippen LogP contribution < -0.4 is 14.4 Å². The number of carbonyl (C=O) groups is 2. The first-order chi connectivity index (χ1) is 15.2. The van der Waals surface area contributed by atoms with E-state index in [-0.39, 0.29) is 22.9 Å². The van der Waals surface area contributed by atoms with Crippen LogP contribution in [0.4, 0.5) is 11.4 Å². The van der Waals surface area contributed by atoms with Crippen LogP contribution in [0.3, 0.4) is 0 Å². The Balaban J connectivity index is 2.06. The number of nitrogens with zero attached hydrogens (tertiary/aromatic N) is 1. The Kier molecular flexibility index (Phi) is 6.79. The van der Waals surface area contributed by atoms with E-state index < -0.39 is 16.0 Å². The number of hydrogen-bond acceptors (Lipinski definition) is 5. The van der Waals surface area contributed by atoms with Gasteiger partial charge in [-0.15, -0.1) is 0 Å². The first-order valence-electron chi connectivity index (χ1n) is 9.57. The van der Waals surface area contributed by atoms with E-state index in [1.54, 1.807) is 55.6 Å². The third-order valence-corrected chi connectivity index (χ3v) is 6.42. The predicted octanol–water partition coefficient (Wildman–Crippen LogP) is 3.75. The molecular weight excluding hydrogens is 432 g/mol. The molecule has 9 heteroatoms. The fraction of sp³-hybridized carbons (Fsp3) is 0.130. The van der Waals surface area contributed by atoms with E-state index in [4.69, 9.17) is 9.84 Å². The van der Waals surface area contributed by atoms with E-state index in [1.807, 2.05) is 0 Å². The largest absolute Gasteiger partial charge is 0.497 e. The van der Waals surface area contributed by atoms with E-state index >= 15 is 0 Å². The van der Waals surface area contributed by atoms with Crippen LogP contribution in [0, 0.1) is 0 Å². The van der Waals surface area contributed by atoms with Crippen LogP contribution in [0.25, 0.3) is 0 Å². The van der Waals surface area contributed by atoms with Gasteiger partial charge in [0.2, 0.25) is 5.91 Å². The molecule has 3 aromatic rings. The van der Waals surface area contributed by atoms with Crippen LogP contribution in [-0.2, 0) is 21.4 Å². The van der Waals surface area contributed by atoms with Crippen molar-refractivity contribution in [3.63, 3.8) is 0 Å². The van der Waals surface area contributed by atoms with E-state index in [0.717, 1.165) is 0 Å². The number of anilines is 2. The summed E-state index contributed by atoms with van der Waals surface area (Å²) in [5.41, 5.74) is 1.49. The lowest BCUT2D eigenvalue weighted by Crippen LogP contribution is -2.30. The van der Waals surface area contributed by atoms with Gasteiger partial charge < -0.3 is 15.2 Å². The van der Waals surface area contributed by atoms with Crippen LogP contribution >= 0.6 is 0 Å². The molecule has 3 aromatic carbocycles. The molecule has 8 nitrogen and oxygen atoms in total. The van der Waals surface area contributed by atoms with Crippen molar-refractivity contribution in [3.8, 4) is 5.75 Å². The topological polar surface area (TPSA) is 113 Å². The van der Waals surface area contributed by atoms with Gasteiger partial charge in [0, 0.05) is 12.6 Å². The first kappa shape index (κ1) is 22.8. The molecule has 0 aromatic heterocycles. The Labute approximate surface area is 186 Å².